The molecule has 5 heteroatoms. The van der Waals surface area contributed by atoms with Crippen molar-refractivity contribution >= 4 is 23.4 Å². The molecule has 0 saturated carbocycles. The predicted molar refractivity (Wildman–Crippen MR) is 76.9 cm³/mol. The van der Waals surface area contributed by atoms with E-state index in [1.54, 1.807) is 36.4 Å². The van der Waals surface area contributed by atoms with E-state index in [0.717, 1.165) is 4.90 Å². The Balaban J connectivity index is 1.89. The van der Waals surface area contributed by atoms with E-state index in [4.69, 9.17) is 5.26 Å². The van der Waals surface area contributed by atoms with Crippen LogP contribution >= 0.6 is 11.8 Å². The maximum Gasteiger partial charge on any atom is 0.234 e. The van der Waals surface area contributed by atoms with Crippen molar-refractivity contribution in [1.82, 2.24) is 0 Å². The number of anilines is 1. The van der Waals surface area contributed by atoms with Gasteiger partial charge in [0.2, 0.25) is 5.91 Å². The molecule has 2 aromatic carbocycles. The molecule has 100 valence electrons. The fourth-order valence-corrected chi connectivity index (χ4v) is 2.24. The Kier molecular flexibility index (Phi) is 4.75. The molecule has 2 rings (SSSR count). The number of hydrogen-bond donors (Lipinski definition) is 1. The van der Waals surface area contributed by atoms with Gasteiger partial charge in [-0.25, -0.2) is 4.39 Å². The summed E-state index contributed by atoms with van der Waals surface area (Å²) in [6, 6.07) is 14.7. The smallest absolute Gasteiger partial charge is 0.234 e. The molecule has 20 heavy (non-hydrogen) atoms. The van der Waals surface area contributed by atoms with Gasteiger partial charge in [0, 0.05) is 10.6 Å². The SMILES string of the molecule is N#Cc1cccc(NC(=O)CSc2ccc(F)cc2)c1. The lowest BCUT2D eigenvalue weighted by molar-refractivity contribution is -0.113. The number of rotatable bonds is 4. The second kappa shape index (κ2) is 6.73. The Bertz CT molecular complexity index is 650. The molecule has 1 amide bonds. The number of hydrogen-bond acceptors (Lipinski definition) is 3. The van der Waals surface area contributed by atoms with Crippen LogP contribution in [0.2, 0.25) is 0 Å². The molecule has 3 nitrogen and oxygen atoms in total. The number of benzene rings is 2. The third kappa shape index (κ3) is 4.11. The first-order chi connectivity index (χ1) is 9.67. The molecule has 0 heterocycles. The van der Waals surface area contributed by atoms with Crippen LogP contribution in [0.25, 0.3) is 0 Å². The van der Waals surface area contributed by atoms with Crippen molar-refractivity contribution in [3.05, 3.63) is 59.9 Å². The lowest BCUT2D eigenvalue weighted by Crippen LogP contribution is -2.13. The van der Waals surface area contributed by atoms with Crippen LogP contribution in [0, 0.1) is 17.1 Å². The van der Waals surface area contributed by atoms with Crippen molar-refractivity contribution in [1.29, 1.82) is 5.26 Å². The summed E-state index contributed by atoms with van der Waals surface area (Å²) in [4.78, 5) is 12.6. The van der Waals surface area contributed by atoms with Gasteiger partial charge >= 0.3 is 0 Å². The zero-order chi connectivity index (χ0) is 14.4. The summed E-state index contributed by atoms with van der Waals surface area (Å²) >= 11 is 1.32. The normalized spacial score (nSPS) is 9.80. The lowest BCUT2D eigenvalue weighted by Gasteiger charge is -2.05. The largest absolute Gasteiger partial charge is 0.325 e. The van der Waals surface area contributed by atoms with E-state index in [9.17, 15) is 9.18 Å². The minimum atomic E-state index is -0.299. The number of carbonyl (C=O) groups is 1. The molecular weight excluding hydrogens is 275 g/mol. The molecule has 2 aromatic rings. The zero-order valence-corrected chi connectivity index (χ0v) is 11.3. The fraction of sp³-hybridized carbons (Fsp3) is 0.0667. The highest BCUT2D eigenvalue weighted by Crippen LogP contribution is 2.18. The van der Waals surface area contributed by atoms with Crippen molar-refractivity contribution in [3.8, 4) is 6.07 Å². The van der Waals surface area contributed by atoms with Crippen molar-refractivity contribution in [2.24, 2.45) is 0 Å². The molecule has 0 unspecified atom stereocenters. The molecule has 0 atom stereocenters. The molecule has 0 aromatic heterocycles. The standard InChI is InChI=1S/C15H11FN2OS/c16-12-4-6-14(7-5-12)20-10-15(19)18-13-3-1-2-11(8-13)9-17/h1-8H,10H2,(H,18,19). The Morgan fingerprint density at radius 2 is 2.00 bits per heavy atom. The maximum absolute atomic E-state index is 12.7. The number of carbonyl (C=O) groups excluding carboxylic acids is 1. The van der Waals surface area contributed by atoms with Crippen molar-refractivity contribution < 1.29 is 9.18 Å². The summed E-state index contributed by atoms with van der Waals surface area (Å²) in [6.45, 7) is 0. The minimum Gasteiger partial charge on any atom is -0.325 e. The van der Waals surface area contributed by atoms with Crippen LogP contribution in [0.15, 0.2) is 53.4 Å². The van der Waals surface area contributed by atoms with Gasteiger partial charge in [0.15, 0.2) is 0 Å². The second-order valence-electron chi connectivity index (χ2n) is 3.98. The van der Waals surface area contributed by atoms with Gasteiger partial charge in [0.05, 0.1) is 17.4 Å². The lowest BCUT2D eigenvalue weighted by atomic mass is 10.2. The Morgan fingerprint density at radius 3 is 2.70 bits per heavy atom. The zero-order valence-electron chi connectivity index (χ0n) is 10.5. The van der Waals surface area contributed by atoms with Crippen LogP contribution in [0.1, 0.15) is 5.56 Å². The highest BCUT2D eigenvalue weighted by molar-refractivity contribution is 8.00. The van der Waals surface area contributed by atoms with E-state index >= 15 is 0 Å². The first-order valence-electron chi connectivity index (χ1n) is 5.86. The van der Waals surface area contributed by atoms with E-state index in [1.807, 2.05) is 6.07 Å². The Hall–Kier alpha value is -2.32. The van der Waals surface area contributed by atoms with Gasteiger partial charge in [-0.1, -0.05) is 6.07 Å². The van der Waals surface area contributed by atoms with Gasteiger partial charge in [-0.3, -0.25) is 4.79 Å². The van der Waals surface area contributed by atoms with E-state index in [1.165, 1.54) is 23.9 Å². The summed E-state index contributed by atoms with van der Waals surface area (Å²) in [5.74, 6) is -0.246. The van der Waals surface area contributed by atoms with Gasteiger partial charge in [0.1, 0.15) is 5.82 Å². The predicted octanol–water partition coefficient (Wildman–Crippen LogP) is 3.43. The number of nitrogens with zero attached hydrogens (tertiary/aromatic N) is 1. The monoisotopic (exact) mass is 286 g/mol. The fourth-order valence-electron chi connectivity index (χ4n) is 1.54. The highest BCUT2D eigenvalue weighted by Gasteiger charge is 2.04. The second-order valence-corrected chi connectivity index (χ2v) is 5.03. The van der Waals surface area contributed by atoms with Gasteiger partial charge in [-0.05, 0) is 42.5 Å². The Morgan fingerprint density at radius 1 is 1.25 bits per heavy atom. The van der Waals surface area contributed by atoms with Gasteiger partial charge in [-0.2, -0.15) is 5.26 Å². The van der Waals surface area contributed by atoms with Crippen LogP contribution in [-0.4, -0.2) is 11.7 Å². The van der Waals surface area contributed by atoms with Crippen LogP contribution in [0.4, 0.5) is 10.1 Å². The van der Waals surface area contributed by atoms with Crippen LogP contribution in [0.5, 0.6) is 0 Å². The van der Waals surface area contributed by atoms with E-state index < -0.39 is 0 Å². The average Bonchev–Trinajstić information content (AvgIpc) is 2.47. The molecule has 0 saturated heterocycles. The summed E-state index contributed by atoms with van der Waals surface area (Å²) < 4.78 is 12.7. The average molecular weight is 286 g/mol. The summed E-state index contributed by atoms with van der Waals surface area (Å²) in [5.41, 5.74) is 1.09. The summed E-state index contributed by atoms with van der Waals surface area (Å²) in [6.07, 6.45) is 0. The van der Waals surface area contributed by atoms with E-state index in [0.29, 0.717) is 11.3 Å². The molecule has 0 aliphatic carbocycles. The number of amides is 1. The maximum atomic E-state index is 12.7. The number of halogens is 1. The third-order valence-corrected chi connectivity index (χ3v) is 3.47. The van der Waals surface area contributed by atoms with Crippen molar-refractivity contribution in [3.63, 3.8) is 0 Å². The molecular formula is C15H11FN2OS. The molecule has 0 bridgehead atoms. The molecule has 0 spiro atoms. The van der Waals surface area contributed by atoms with E-state index in [2.05, 4.69) is 5.32 Å². The van der Waals surface area contributed by atoms with Gasteiger partial charge in [-0.15, -0.1) is 11.8 Å². The first-order valence-corrected chi connectivity index (χ1v) is 6.84. The van der Waals surface area contributed by atoms with Gasteiger partial charge < -0.3 is 5.32 Å². The minimum absolute atomic E-state index is 0.172. The summed E-state index contributed by atoms with van der Waals surface area (Å²) in [7, 11) is 0. The number of nitrogens with one attached hydrogen (secondary N) is 1. The van der Waals surface area contributed by atoms with Crippen LogP contribution < -0.4 is 5.32 Å². The number of thioether (sulfide) groups is 1. The molecule has 0 aliphatic rings. The molecule has 0 radical (unpaired) electrons. The Labute approximate surface area is 120 Å². The topological polar surface area (TPSA) is 52.9 Å². The van der Waals surface area contributed by atoms with Crippen molar-refractivity contribution in [2.75, 3.05) is 11.1 Å². The van der Waals surface area contributed by atoms with Gasteiger partial charge in [0.25, 0.3) is 0 Å². The van der Waals surface area contributed by atoms with Crippen molar-refractivity contribution in [2.45, 2.75) is 4.90 Å². The van der Waals surface area contributed by atoms with Crippen LogP contribution in [-0.2, 0) is 4.79 Å². The number of nitriles is 1. The molecule has 0 aliphatic heterocycles. The summed E-state index contributed by atoms with van der Waals surface area (Å²) in [5, 5.41) is 11.5. The first kappa shape index (κ1) is 14.1. The quantitative estimate of drug-likeness (QED) is 0.876. The van der Waals surface area contributed by atoms with E-state index in [-0.39, 0.29) is 17.5 Å². The molecule has 0 fully saturated rings. The van der Waals surface area contributed by atoms with Crippen LogP contribution in [0.3, 0.4) is 0 Å². The highest BCUT2D eigenvalue weighted by atomic mass is 32.2. The third-order valence-electron chi connectivity index (χ3n) is 2.46. The molecule has 1 N–H and O–H groups in total.